The van der Waals surface area contributed by atoms with E-state index in [-0.39, 0.29) is 36.1 Å². The van der Waals surface area contributed by atoms with E-state index in [2.05, 4.69) is 22.1 Å². The van der Waals surface area contributed by atoms with Crippen LogP contribution in [0.25, 0.3) is 10.9 Å². The predicted octanol–water partition coefficient (Wildman–Crippen LogP) is 2.22. The molecule has 154 valence electrons. The van der Waals surface area contributed by atoms with Crippen LogP contribution in [0.2, 0.25) is 0 Å². The molecule has 0 spiro atoms. The second-order valence-corrected chi connectivity index (χ2v) is 7.12. The number of H-pyrrole nitrogens is 1. The van der Waals surface area contributed by atoms with Crippen molar-refractivity contribution in [1.82, 2.24) is 10.3 Å². The molecule has 2 amide bonds. The van der Waals surface area contributed by atoms with Crippen molar-refractivity contribution in [3.63, 3.8) is 0 Å². The first-order chi connectivity index (χ1) is 13.6. The van der Waals surface area contributed by atoms with Gasteiger partial charge in [0.2, 0.25) is 0 Å². The SMILES string of the molecule is CC#CC(=O)N[C@H]1C[C@H](F)CN(c2c(F)c(F)c(C(N)=O)c3[nH]c(C)c(C)c23)C1. The molecule has 1 aliphatic heterocycles. The number of benzene rings is 1. The number of hydrogen-bond acceptors (Lipinski definition) is 3. The van der Waals surface area contributed by atoms with E-state index >= 15 is 4.39 Å². The number of nitrogens with one attached hydrogen (secondary N) is 2. The van der Waals surface area contributed by atoms with Crippen LogP contribution in [0.3, 0.4) is 0 Å². The molecule has 0 bridgehead atoms. The number of hydrogen-bond donors (Lipinski definition) is 3. The zero-order chi connectivity index (χ0) is 21.5. The van der Waals surface area contributed by atoms with Crippen molar-refractivity contribution in [1.29, 1.82) is 0 Å². The van der Waals surface area contributed by atoms with Crippen molar-refractivity contribution in [2.24, 2.45) is 5.73 Å². The number of aromatic amines is 1. The molecule has 0 unspecified atom stereocenters. The first-order valence-electron chi connectivity index (χ1n) is 9.07. The molecule has 2 atom stereocenters. The summed E-state index contributed by atoms with van der Waals surface area (Å²) in [6.07, 6.45) is -1.34. The average Bonchev–Trinajstić information content (AvgIpc) is 2.90. The number of aromatic nitrogens is 1. The molecule has 29 heavy (non-hydrogen) atoms. The Morgan fingerprint density at radius 2 is 1.93 bits per heavy atom. The van der Waals surface area contributed by atoms with E-state index in [1.807, 2.05) is 0 Å². The third-order valence-electron chi connectivity index (χ3n) is 5.14. The molecule has 1 saturated heterocycles. The molecule has 2 aromatic rings. The lowest BCUT2D eigenvalue weighted by Gasteiger charge is -2.37. The molecular formula is C20H21F3N4O2. The molecule has 6 nitrogen and oxygen atoms in total. The van der Waals surface area contributed by atoms with Gasteiger partial charge in [-0.3, -0.25) is 9.59 Å². The number of carbonyl (C=O) groups excluding carboxylic acids is 2. The summed E-state index contributed by atoms with van der Waals surface area (Å²) in [5.41, 5.74) is 5.80. The van der Waals surface area contributed by atoms with Gasteiger partial charge in [0, 0.05) is 30.6 Å². The number of nitrogens with two attached hydrogens (primary N) is 1. The largest absolute Gasteiger partial charge is 0.365 e. The fraction of sp³-hybridized carbons (Fsp3) is 0.400. The topological polar surface area (TPSA) is 91.2 Å². The maximum absolute atomic E-state index is 15.1. The molecule has 1 fully saturated rings. The van der Waals surface area contributed by atoms with Gasteiger partial charge in [0.1, 0.15) is 11.7 Å². The first kappa shape index (κ1) is 20.6. The summed E-state index contributed by atoms with van der Waals surface area (Å²) in [5.74, 6) is 0.424. The van der Waals surface area contributed by atoms with Gasteiger partial charge in [-0.15, -0.1) is 0 Å². The van der Waals surface area contributed by atoms with Gasteiger partial charge in [0.25, 0.3) is 11.8 Å². The Hall–Kier alpha value is -3.15. The molecule has 1 aromatic carbocycles. The van der Waals surface area contributed by atoms with Gasteiger partial charge in [0.15, 0.2) is 11.6 Å². The van der Waals surface area contributed by atoms with Gasteiger partial charge in [-0.05, 0) is 32.3 Å². The minimum atomic E-state index is -1.39. The predicted molar refractivity (Wildman–Crippen MR) is 103 cm³/mol. The Morgan fingerprint density at radius 3 is 2.55 bits per heavy atom. The third-order valence-corrected chi connectivity index (χ3v) is 5.14. The first-order valence-corrected chi connectivity index (χ1v) is 9.07. The summed E-state index contributed by atoms with van der Waals surface area (Å²) in [6, 6.07) is -0.638. The lowest BCUT2D eigenvalue weighted by atomic mass is 9.99. The van der Waals surface area contributed by atoms with Crippen LogP contribution >= 0.6 is 0 Å². The van der Waals surface area contributed by atoms with Crippen molar-refractivity contribution in [2.45, 2.75) is 39.4 Å². The summed E-state index contributed by atoms with van der Waals surface area (Å²) in [6.45, 7) is 4.75. The van der Waals surface area contributed by atoms with Crippen molar-refractivity contribution in [3.05, 3.63) is 28.5 Å². The normalized spacial score (nSPS) is 19.0. The Labute approximate surface area is 165 Å². The standard InChI is InChI=1S/C20H21F3N4O2/c1-4-5-13(28)26-12-6-11(21)7-27(8-12)19-14-9(2)10(3)25-18(14)15(20(24)29)16(22)17(19)23/h11-12,25H,6-8H2,1-3H3,(H2,24,29)(H,26,28)/t11-,12-/m0/s1. The van der Waals surface area contributed by atoms with Gasteiger partial charge >= 0.3 is 0 Å². The van der Waals surface area contributed by atoms with E-state index in [4.69, 9.17) is 5.73 Å². The van der Waals surface area contributed by atoms with E-state index in [1.165, 1.54) is 11.8 Å². The third kappa shape index (κ3) is 3.62. The number of amides is 2. The number of alkyl halides is 1. The van der Waals surface area contributed by atoms with Crippen molar-refractivity contribution in [2.75, 3.05) is 18.0 Å². The number of primary amides is 1. The molecule has 0 saturated carbocycles. The Kier molecular flexibility index (Phi) is 5.46. The van der Waals surface area contributed by atoms with Crippen molar-refractivity contribution >= 4 is 28.4 Å². The van der Waals surface area contributed by atoms with Gasteiger partial charge in [-0.25, -0.2) is 13.2 Å². The van der Waals surface area contributed by atoms with Crippen LogP contribution in [0.1, 0.15) is 35.0 Å². The van der Waals surface area contributed by atoms with Crippen LogP contribution in [0, 0.1) is 37.3 Å². The van der Waals surface area contributed by atoms with Gasteiger partial charge in [-0.1, -0.05) is 5.92 Å². The highest BCUT2D eigenvalue weighted by atomic mass is 19.2. The monoisotopic (exact) mass is 406 g/mol. The van der Waals surface area contributed by atoms with E-state index in [1.54, 1.807) is 13.8 Å². The number of halogens is 3. The van der Waals surface area contributed by atoms with E-state index < -0.39 is 41.2 Å². The quantitative estimate of drug-likeness (QED) is 0.683. The number of carbonyl (C=O) groups is 2. The van der Waals surface area contributed by atoms with Crippen molar-refractivity contribution in [3.8, 4) is 11.8 Å². The molecule has 1 aliphatic rings. The Bertz CT molecular complexity index is 1070. The van der Waals surface area contributed by atoms with Gasteiger partial charge in [-0.2, -0.15) is 0 Å². The molecule has 1 aromatic heterocycles. The minimum Gasteiger partial charge on any atom is -0.365 e. The number of anilines is 1. The maximum Gasteiger partial charge on any atom is 0.296 e. The van der Waals surface area contributed by atoms with Crippen LogP contribution in [-0.2, 0) is 4.79 Å². The zero-order valence-corrected chi connectivity index (χ0v) is 16.3. The fourth-order valence-corrected chi connectivity index (χ4v) is 3.82. The van der Waals surface area contributed by atoms with Gasteiger partial charge < -0.3 is 20.9 Å². The summed E-state index contributed by atoms with van der Waals surface area (Å²) in [5, 5.41) is 2.86. The number of nitrogens with zero attached hydrogens (tertiary/aromatic N) is 1. The van der Waals surface area contributed by atoms with E-state index in [9.17, 15) is 18.4 Å². The molecule has 2 heterocycles. The van der Waals surface area contributed by atoms with Gasteiger partial charge in [0.05, 0.1) is 17.2 Å². The smallest absolute Gasteiger partial charge is 0.296 e. The molecule has 3 rings (SSSR count). The maximum atomic E-state index is 15.1. The van der Waals surface area contributed by atoms with Crippen LogP contribution in [-0.4, -0.2) is 42.1 Å². The van der Waals surface area contributed by atoms with Crippen LogP contribution in [0.4, 0.5) is 18.9 Å². The Morgan fingerprint density at radius 1 is 1.24 bits per heavy atom. The highest BCUT2D eigenvalue weighted by Gasteiger charge is 2.34. The second kappa shape index (κ2) is 7.70. The number of piperidine rings is 1. The number of rotatable bonds is 3. The molecule has 0 aliphatic carbocycles. The van der Waals surface area contributed by atoms with E-state index in [0.29, 0.717) is 11.3 Å². The summed E-state index contributed by atoms with van der Waals surface area (Å²) >= 11 is 0. The summed E-state index contributed by atoms with van der Waals surface area (Å²) in [4.78, 5) is 27.7. The number of fused-ring (bicyclic) bond motifs is 1. The molecule has 0 radical (unpaired) electrons. The number of aryl methyl sites for hydroxylation is 2. The Balaban J connectivity index is 2.14. The zero-order valence-electron chi connectivity index (χ0n) is 16.3. The lowest BCUT2D eigenvalue weighted by molar-refractivity contribution is -0.116. The highest BCUT2D eigenvalue weighted by Crippen LogP contribution is 2.39. The fourth-order valence-electron chi connectivity index (χ4n) is 3.82. The highest BCUT2D eigenvalue weighted by molar-refractivity contribution is 6.10. The molecular weight excluding hydrogens is 385 g/mol. The minimum absolute atomic E-state index is 0.0331. The molecule has 4 N–H and O–H groups in total. The van der Waals surface area contributed by atoms with Crippen LogP contribution in [0.15, 0.2) is 0 Å². The summed E-state index contributed by atoms with van der Waals surface area (Å²) < 4.78 is 44.3. The lowest BCUT2D eigenvalue weighted by Crippen LogP contribution is -2.52. The average molecular weight is 406 g/mol. The van der Waals surface area contributed by atoms with Crippen LogP contribution < -0.4 is 16.0 Å². The summed E-state index contributed by atoms with van der Waals surface area (Å²) in [7, 11) is 0. The molecule has 9 heteroatoms. The van der Waals surface area contributed by atoms with Crippen molar-refractivity contribution < 1.29 is 22.8 Å². The van der Waals surface area contributed by atoms with E-state index in [0.717, 1.165) is 0 Å². The van der Waals surface area contributed by atoms with Crippen LogP contribution in [0.5, 0.6) is 0 Å². The second-order valence-electron chi connectivity index (χ2n) is 7.12.